The van der Waals surface area contributed by atoms with Crippen LogP contribution in [0.2, 0.25) is 0 Å². The van der Waals surface area contributed by atoms with Crippen molar-refractivity contribution in [3.05, 3.63) is 65.1 Å². The van der Waals surface area contributed by atoms with Crippen molar-refractivity contribution in [3.63, 3.8) is 0 Å². The molecule has 0 spiro atoms. The van der Waals surface area contributed by atoms with E-state index < -0.39 is 0 Å². The number of ether oxygens (including phenoxy) is 1. The van der Waals surface area contributed by atoms with E-state index in [-0.39, 0.29) is 5.97 Å². The van der Waals surface area contributed by atoms with E-state index in [4.69, 9.17) is 4.74 Å². The van der Waals surface area contributed by atoms with Gasteiger partial charge in [0.05, 0.1) is 24.9 Å². The predicted octanol–water partition coefficient (Wildman–Crippen LogP) is 3.89. The summed E-state index contributed by atoms with van der Waals surface area (Å²) in [5.41, 5.74) is 4.38. The summed E-state index contributed by atoms with van der Waals surface area (Å²) < 4.78 is 4.82. The second-order valence-corrected chi connectivity index (χ2v) is 6.99. The maximum absolute atomic E-state index is 11.7. The number of hydrogen-bond acceptors (Lipinski definition) is 4. The van der Waals surface area contributed by atoms with Crippen LogP contribution in [-0.2, 0) is 9.53 Å². The molecule has 130 valence electrons. The smallest absolute Gasteiger partial charge is 0.335 e. The van der Waals surface area contributed by atoms with Crippen LogP contribution in [0, 0.1) is 0 Å². The van der Waals surface area contributed by atoms with Crippen molar-refractivity contribution in [1.29, 1.82) is 0 Å². The quantitative estimate of drug-likeness (QED) is 0.850. The molecule has 0 radical (unpaired) electrons. The van der Waals surface area contributed by atoms with Gasteiger partial charge in [-0.25, -0.2) is 4.79 Å². The van der Waals surface area contributed by atoms with Crippen molar-refractivity contribution in [2.45, 2.75) is 38.0 Å². The lowest BCUT2D eigenvalue weighted by atomic mass is 9.84. The normalized spacial score (nSPS) is 20.2. The highest BCUT2D eigenvalue weighted by Gasteiger charge is 2.25. The van der Waals surface area contributed by atoms with Gasteiger partial charge in [-0.2, -0.15) is 0 Å². The second kappa shape index (κ2) is 6.79. The molecule has 1 fully saturated rings. The molecule has 1 aromatic carbocycles. The van der Waals surface area contributed by atoms with Crippen LogP contribution in [0.15, 0.2) is 54.0 Å². The molecule has 0 atom stereocenters. The monoisotopic (exact) mass is 336 g/mol. The summed E-state index contributed by atoms with van der Waals surface area (Å²) in [5, 5.41) is 3.44. The summed E-state index contributed by atoms with van der Waals surface area (Å²) in [6, 6.07) is 8.96. The molecule has 1 saturated carbocycles. The lowest BCUT2D eigenvalue weighted by Gasteiger charge is -2.22. The van der Waals surface area contributed by atoms with Crippen LogP contribution < -0.4 is 5.32 Å². The molecular weight excluding hydrogens is 312 g/mol. The Balaban J connectivity index is 1.48. The van der Waals surface area contributed by atoms with E-state index in [0.29, 0.717) is 12.1 Å². The molecular formula is C21H24N2O2. The van der Waals surface area contributed by atoms with E-state index in [9.17, 15) is 4.79 Å². The Labute approximate surface area is 148 Å². The Morgan fingerprint density at radius 3 is 2.60 bits per heavy atom. The minimum absolute atomic E-state index is 0.269. The molecule has 0 amide bonds. The van der Waals surface area contributed by atoms with E-state index in [1.54, 1.807) is 0 Å². The van der Waals surface area contributed by atoms with Crippen molar-refractivity contribution in [2.24, 2.45) is 0 Å². The fraction of sp³-hybridized carbons (Fsp3) is 0.381. The molecule has 0 bridgehead atoms. The number of carbonyl (C=O) groups is 1. The van der Waals surface area contributed by atoms with Gasteiger partial charge in [0.25, 0.3) is 0 Å². The summed E-state index contributed by atoms with van der Waals surface area (Å²) in [7, 11) is 1.42. The highest BCUT2D eigenvalue weighted by molar-refractivity contribution is 5.90. The third-order valence-corrected chi connectivity index (χ3v) is 5.39. The van der Waals surface area contributed by atoms with Gasteiger partial charge in [-0.05, 0) is 42.0 Å². The van der Waals surface area contributed by atoms with Gasteiger partial charge in [0.15, 0.2) is 0 Å². The van der Waals surface area contributed by atoms with Gasteiger partial charge >= 0.3 is 5.97 Å². The molecule has 0 unspecified atom stereocenters. The fourth-order valence-electron chi connectivity index (χ4n) is 3.93. The Morgan fingerprint density at radius 1 is 1.12 bits per heavy atom. The van der Waals surface area contributed by atoms with Gasteiger partial charge in [-0.3, -0.25) is 0 Å². The summed E-state index contributed by atoms with van der Waals surface area (Å²) in [6.45, 7) is 0.537. The zero-order valence-corrected chi connectivity index (χ0v) is 14.6. The molecule has 1 N–H and O–H groups in total. The number of fused-ring (bicyclic) bond motifs is 1. The van der Waals surface area contributed by atoms with Crippen LogP contribution in [0.1, 0.15) is 49.1 Å². The molecule has 0 saturated heterocycles. The Hall–Kier alpha value is -2.49. The highest BCUT2D eigenvalue weighted by atomic mass is 16.5. The minimum Gasteiger partial charge on any atom is -0.466 e. The van der Waals surface area contributed by atoms with Crippen LogP contribution in [0.4, 0.5) is 0 Å². The molecule has 2 heterocycles. The highest BCUT2D eigenvalue weighted by Crippen LogP contribution is 2.33. The summed E-state index contributed by atoms with van der Waals surface area (Å²) in [6.07, 6.45) is 12.6. The fourth-order valence-corrected chi connectivity index (χ4v) is 3.93. The molecule has 4 nitrogen and oxygen atoms in total. The van der Waals surface area contributed by atoms with E-state index in [0.717, 1.165) is 17.4 Å². The Morgan fingerprint density at radius 2 is 1.88 bits per heavy atom. The van der Waals surface area contributed by atoms with Crippen LogP contribution in [0.3, 0.4) is 0 Å². The van der Waals surface area contributed by atoms with E-state index in [1.165, 1.54) is 50.3 Å². The van der Waals surface area contributed by atoms with E-state index >= 15 is 0 Å². The average molecular weight is 336 g/mol. The maximum Gasteiger partial charge on any atom is 0.335 e. The predicted molar refractivity (Wildman–Crippen MR) is 98.3 cm³/mol. The first kappa shape index (κ1) is 16.0. The average Bonchev–Trinajstić information content (AvgIpc) is 3.11. The summed E-state index contributed by atoms with van der Waals surface area (Å²) >= 11 is 0. The van der Waals surface area contributed by atoms with Crippen LogP contribution in [0.5, 0.6) is 0 Å². The van der Waals surface area contributed by atoms with Gasteiger partial charge in [0.1, 0.15) is 5.82 Å². The third-order valence-electron chi connectivity index (χ3n) is 5.39. The topological polar surface area (TPSA) is 41.6 Å². The van der Waals surface area contributed by atoms with Crippen molar-refractivity contribution in [1.82, 2.24) is 10.2 Å². The first-order valence-electron chi connectivity index (χ1n) is 9.09. The number of hydrogen-bond donors (Lipinski definition) is 1. The zero-order valence-electron chi connectivity index (χ0n) is 14.6. The largest absolute Gasteiger partial charge is 0.466 e. The van der Waals surface area contributed by atoms with Crippen molar-refractivity contribution in [2.75, 3.05) is 13.7 Å². The van der Waals surface area contributed by atoms with Gasteiger partial charge in [-0.1, -0.05) is 43.5 Å². The molecule has 1 aliphatic carbocycles. The second-order valence-electron chi connectivity index (χ2n) is 6.99. The molecule has 4 rings (SSSR count). The number of esters is 1. The SMILES string of the molecule is COC(=O)C1=CC=C2NC(c3ccc(C4CCCCC4)cc3)=CN2C1. The minimum atomic E-state index is -0.269. The van der Waals surface area contributed by atoms with Crippen molar-refractivity contribution in [3.8, 4) is 0 Å². The molecule has 25 heavy (non-hydrogen) atoms. The number of nitrogens with one attached hydrogen (secondary N) is 1. The van der Waals surface area contributed by atoms with Gasteiger partial charge in [0, 0.05) is 6.20 Å². The third kappa shape index (κ3) is 3.21. The molecule has 1 aromatic rings. The Bertz CT molecular complexity index is 753. The molecule has 4 heteroatoms. The van der Waals surface area contributed by atoms with E-state index in [2.05, 4.69) is 40.7 Å². The molecule has 2 aliphatic heterocycles. The lowest BCUT2D eigenvalue weighted by molar-refractivity contribution is -0.136. The zero-order chi connectivity index (χ0) is 17.2. The number of methoxy groups -OCH3 is 1. The molecule has 3 aliphatic rings. The maximum atomic E-state index is 11.7. The van der Waals surface area contributed by atoms with Gasteiger partial charge < -0.3 is 15.0 Å². The van der Waals surface area contributed by atoms with Gasteiger partial charge in [0.2, 0.25) is 0 Å². The number of carbonyl (C=O) groups excluding carboxylic acids is 1. The Kier molecular flexibility index (Phi) is 4.35. The van der Waals surface area contributed by atoms with Crippen LogP contribution in [0.25, 0.3) is 5.70 Å². The number of rotatable bonds is 3. The molecule has 0 aromatic heterocycles. The van der Waals surface area contributed by atoms with Crippen molar-refractivity contribution >= 4 is 11.7 Å². The number of benzene rings is 1. The van der Waals surface area contributed by atoms with Crippen LogP contribution >= 0.6 is 0 Å². The van der Waals surface area contributed by atoms with Gasteiger partial charge in [-0.15, -0.1) is 0 Å². The number of allylic oxidation sites excluding steroid dienone is 2. The first-order valence-corrected chi connectivity index (χ1v) is 9.09. The lowest BCUT2D eigenvalue weighted by Crippen LogP contribution is -2.27. The first-order chi connectivity index (χ1) is 12.2. The van der Waals surface area contributed by atoms with Crippen LogP contribution in [-0.4, -0.2) is 24.5 Å². The standard InChI is InChI=1S/C21H24N2O2/c1-25-21(24)18-11-12-20-22-19(14-23(20)13-18)17-9-7-16(8-10-17)15-5-3-2-4-6-15/h7-12,14-15,22H,2-6,13H2,1H3. The van der Waals surface area contributed by atoms with E-state index in [1.807, 2.05) is 12.2 Å². The number of nitrogens with zero attached hydrogens (tertiary/aromatic N) is 1. The summed E-state index contributed by atoms with van der Waals surface area (Å²) in [5.74, 6) is 1.46. The summed E-state index contributed by atoms with van der Waals surface area (Å²) in [4.78, 5) is 13.8. The van der Waals surface area contributed by atoms with Crippen molar-refractivity contribution < 1.29 is 9.53 Å².